The Labute approximate surface area is 121 Å². The van der Waals surface area contributed by atoms with Crippen molar-refractivity contribution < 1.29 is 4.52 Å². The van der Waals surface area contributed by atoms with E-state index in [9.17, 15) is 0 Å². The Kier molecular flexibility index (Phi) is 3.43. The molecule has 2 N–H and O–H groups in total. The number of nitrogens with zero attached hydrogens (tertiary/aromatic N) is 2. The number of hydrogen-bond donors (Lipinski definition) is 1. The highest BCUT2D eigenvalue weighted by molar-refractivity contribution is 7.98. The summed E-state index contributed by atoms with van der Waals surface area (Å²) in [4.78, 5) is 5.61. The Morgan fingerprint density at radius 3 is 2.55 bits per heavy atom. The van der Waals surface area contributed by atoms with Gasteiger partial charge in [-0.3, -0.25) is 0 Å². The summed E-state index contributed by atoms with van der Waals surface area (Å²) in [6.07, 6.45) is 2.04. The van der Waals surface area contributed by atoms with E-state index in [0.717, 1.165) is 11.1 Å². The van der Waals surface area contributed by atoms with Crippen molar-refractivity contribution in [3.8, 4) is 22.8 Å². The number of thioether (sulfide) groups is 1. The predicted molar refractivity (Wildman–Crippen MR) is 81.4 cm³/mol. The first-order valence-electron chi connectivity index (χ1n) is 6.10. The molecule has 0 aliphatic heterocycles. The summed E-state index contributed by atoms with van der Waals surface area (Å²) in [5.74, 6) is 1.05. The molecule has 0 radical (unpaired) electrons. The van der Waals surface area contributed by atoms with Crippen molar-refractivity contribution in [2.24, 2.45) is 0 Å². The highest BCUT2D eigenvalue weighted by Gasteiger charge is 2.10. The minimum absolute atomic E-state index is 0.509. The maximum Gasteiger partial charge on any atom is 0.258 e. The highest BCUT2D eigenvalue weighted by Crippen LogP contribution is 2.25. The molecule has 0 aliphatic carbocycles. The van der Waals surface area contributed by atoms with E-state index < -0.39 is 0 Å². The second-order valence-electron chi connectivity index (χ2n) is 4.28. The SMILES string of the molecule is CSc1ccc(-c2nc(-c3cccc(N)c3)no2)cc1. The summed E-state index contributed by atoms with van der Waals surface area (Å²) >= 11 is 1.70. The standard InChI is InChI=1S/C15H13N3OS/c1-20-13-7-5-10(6-8-13)15-17-14(18-19-15)11-3-2-4-12(16)9-11/h2-9H,16H2,1H3. The molecular weight excluding hydrogens is 270 g/mol. The molecule has 1 aromatic heterocycles. The van der Waals surface area contributed by atoms with Gasteiger partial charge in [0.15, 0.2) is 0 Å². The van der Waals surface area contributed by atoms with Crippen LogP contribution in [-0.4, -0.2) is 16.4 Å². The van der Waals surface area contributed by atoms with E-state index in [0.29, 0.717) is 17.4 Å². The Hall–Kier alpha value is -2.27. The molecule has 20 heavy (non-hydrogen) atoms. The van der Waals surface area contributed by atoms with Crippen molar-refractivity contribution in [2.45, 2.75) is 4.90 Å². The molecule has 0 atom stereocenters. The number of benzene rings is 2. The van der Waals surface area contributed by atoms with E-state index in [4.69, 9.17) is 10.3 Å². The normalized spacial score (nSPS) is 10.7. The molecule has 1 heterocycles. The lowest BCUT2D eigenvalue weighted by Gasteiger charge is -1.97. The van der Waals surface area contributed by atoms with Crippen LogP contribution in [0.4, 0.5) is 5.69 Å². The maximum absolute atomic E-state index is 5.76. The smallest absolute Gasteiger partial charge is 0.258 e. The van der Waals surface area contributed by atoms with Crippen LogP contribution in [0.5, 0.6) is 0 Å². The molecule has 0 saturated heterocycles. The molecule has 100 valence electrons. The fourth-order valence-corrected chi connectivity index (χ4v) is 2.28. The minimum atomic E-state index is 0.509. The molecule has 0 unspecified atom stereocenters. The van der Waals surface area contributed by atoms with Crippen LogP contribution in [0.15, 0.2) is 57.9 Å². The molecule has 0 bridgehead atoms. The Bertz CT molecular complexity index is 722. The van der Waals surface area contributed by atoms with Gasteiger partial charge in [0.2, 0.25) is 5.82 Å². The van der Waals surface area contributed by atoms with E-state index in [2.05, 4.69) is 10.1 Å². The van der Waals surface area contributed by atoms with E-state index >= 15 is 0 Å². The lowest BCUT2D eigenvalue weighted by molar-refractivity contribution is 0.432. The number of aromatic nitrogens is 2. The Morgan fingerprint density at radius 1 is 1.05 bits per heavy atom. The molecule has 4 nitrogen and oxygen atoms in total. The van der Waals surface area contributed by atoms with Gasteiger partial charge in [-0.1, -0.05) is 17.3 Å². The molecule has 3 aromatic rings. The molecule has 5 heteroatoms. The van der Waals surface area contributed by atoms with Crippen LogP contribution in [-0.2, 0) is 0 Å². The molecule has 0 saturated carbocycles. The third-order valence-electron chi connectivity index (χ3n) is 2.91. The van der Waals surface area contributed by atoms with E-state index in [1.807, 2.05) is 54.8 Å². The molecule has 0 spiro atoms. The molecule has 0 amide bonds. The Morgan fingerprint density at radius 2 is 1.85 bits per heavy atom. The van der Waals surface area contributed by atoms with Gasteiger partial charge in [-0.15, -0.1) is 11.8 Å². The minimum Gasteiger partial charge on any atom is -0.399 e. The summed E-state index contributed by atoms with van der Waals surface area (Å²) in [6.45, 7) is 0. The molecule has 0 aliphatic rings. The van der Waals surface area contributed by atoms with Crippen LogP contribution in [0.3, 0.4) is 0 Å². The number of rotatable bonds is 3. The van der Waals surface area contributed by atoms with Gasteiger partial charge in [0.05, 0.1) is 0 Å². The van der Waals surface area contributed by atoms with Crippen LogP contribution in [0.2, 0.25) is 0 Å². The van der Waals surface area contributed by atoms with Crippen molar-refractivity contribution in [3.63, 3.8) is 0 Å². The van der Waals surface area contributed by atoms with Crippen molar-refractivity contribution in [1.29, 1.82) is 0 Å². The number of nitrogens with two attached hydrogens (primary N) is 1. The fourth-order valence-electron chi connectivity index (χ4n) is 1.87. The molecule has 0 fully saturated rings. The average Bonchev–Trinajstić information content (AvgIpc) is 2.97. The monoisotopic (exact) mass is 283 g/mol. The second kappa shape index (κ2) is 5.38. The lowest BCUT2D eigenvalue weighted by atomic mass is 10.2. The number of hydrogen-bond acceptors (Lipinski definition) is 5. The van der Waals surface area contributed by atoms with Crippen molar-refractivity contribution >= 4 is 17.4 Å². The molecule has 2 aromatic carbocycles. The van der Waals surface area contributed by atoms with Crippen LogP contribution in [0.1, 0.15) is 0 Å². The predicted octanol–water partition coefficient (Wildman–Crippen LogP) is 3.71. The largest absolute Gasteiger partial charge is 0.399 e. The molecule has 3 rings (SSSR count). The maximum atomic E-state index is 5.76. The third-order valence-corrected chi connectivity index (χ3v) is 3.65. The zero-order valence-corrected chi connectivity index (χ0v) is 11.7. The topological polar surface area (TPSA) is 64.9 Å². The van der Waals surface area contributed by atoms with E-state index in [-0.39, 0.29) is 0 Å². The summed E-state index contributed by atoms with van der Waals surface area (Å²) < 4.78 is 5.31. The summed E-state index contributed by atoms with van der Waals surface area (Å²) in [5, 5.41) is 4.00. The van der Waals surface area contributed by atoms with Crippen molar-refractivity contribution in [1.82, 2.24) is 10.1 Å². The Balaban J connectivity index is 1.93. The van der Waals surface area contributed by atoms with Crippen molar-refractivity contribution in [3.05, 3.63) is 48.5 Å². The van der Waals surface area contributed by atoms with Crippen LogP contribution in [0.25, 0.3) is 22.8 Å². The quantitative estimate of drug-likeness (QED) is 0.586. The fraction of sp³-hybridized carbons (Fsp3) is 0.0667. The zero-order valence-electron chi connectivity index (χ0n) is 10.9. The first-order valence-corrected chi connectivity index (χ1v) is 7.33. The lowest BCUT2D eigenvalue weighted by Crippen LogP contribution is -1.86. The van der Waals surface area contributed by atoms with Crippen LogP contribution < -0.4 is 5.73 Å². The van der Waals surface area contributed by atoms with E-state index in [1.165, 1.54) is 4.90 Å². The van der Waals surface area contributed by atoms with Gasteiger partial charge in [0.25, 0.3) is 5.89 Å². The van der Waals surface area contributed by atoms with Gasteiger partial charge < -0.3 is 10.3 Å². The van der Waals surface area contributed by atoms with E-state index in [1.54, 1.807) is 11.8 Å². The number of anilines is 1. The summed E-state index contributed by atoms with van der Waals surface area (Å²) in [7, 11) is 0. The highest BCUT2D eigenvalue weighted by atomic mass is 32.2. The molecular formula is C15H13N3OS. The van der Waals surface area contributed by atoms with Gasteiger partial charge in [0.1, 0.15) is 0 Å². The van der Waals surface area contributed by atoms with Crippen molar-refractivity contribution in [2.75, 3.05) is 12.0 Å². The van der Waals surface area contributed by atoms with Gasteiger partial charge >= 0.3 is 0 Å². The van der Waals surface area contributed by atoms with Gasteiger partial charge in [0, 0.05) is 21.7 Å². The third kappa shape index (κ3) is 2.53. The van der Waals surface area contributed by atoms with Crippen LogP contribution >= 0.6 is 11.8 Å². The number of nitrogen functional groups attached to an aromatic ring is 1. The first kappa shape index (κ1) is 12.7. The van der Waals surface area contributed by atoms with Gasteiger partial charge in [-0.25, -0.2) is 0 Å². The summed E-state index contributed by atoms with van der Waals surface area (Å²) in [6, 6.07) is 15.4. The second-order valence-corrected chi connectivity index (χ2v) is 5.16. The zero-order chi connectivity index (χ0) is 13.9. The average molecular weight is 283 g/mol. The first-order chi connectivity index (χ1) is 9.76. The van der Waals surface area contributed by atoms with Crippen LogP contribution in [0, 0.1) is 0 Å². The van der Waals surface area contributed by atoms with Gasteiger partial charge in [-0.05, 0) is 42.7 Å². The van der Waals surface area contributed by atoms with Gasteiger partial charge in [-0.2, -0.15) is 4.98 Å². The summed E-state index contributed by atoms with van der Waals surface area (Å²) in [5.41, 5.74) is 8.19.